The molecule has 0 spiro atoms. The standard InChI is InChI=1S/C20H17FN4O4/c1-12-3-5-14(6-4-12)17-9-10-19(26)24(23-17)13(2)20(27)22-15-7-8-16(21)18(11-15)25(28)29/h3-11,13H,1-2H3,(H,22,27). The average Bonchev–Trinajstić information content (AvgIpc) is 2.69. The number of nitrogens with zero attached hydrogens (tertiary/aromatic N) is 3. The molecule has 8 nitrogen and oxygen atoms in total. The molecular formula is C20H17FN4O4. The van der Waals surface area contributed by atoms with E-state index in [1.807, 2.05) is 31.2 Å². The van der Waals surface area contributed by atoms with Gasteiger partial charge in [-0.25, -0.2) is 4.68 Å². The first-order valence-electron chi connectivity index (χ1n) is 8.68. The van der Waals surface area contributed by atoms with Crippen LogP contribution >= 0.6 is 0 Å². The third kappa shape index (κ3) is 4.34. The zero-order chi connectivity index (χ0) is 21.1. The number of rotatable bonds is 5. The number of aromatic nitrogens is 2. The van der Waals surface area contributed by atoms with Gasteiger partial charge >= 0.3 is 5.69 Å². The molecule has 0 aliphatic carbocycles. The predicted octanol–water partition coefficient (Wildman–Crippen LogP) is 3.47. The molecule has 1 aromatic heterocycles. The molecule has 0 aliphatic rings. The molecule has 9 heteroatoms. The van der Waals surface area contributed by atoms with Crippen LogP contribution < -0.4 is 10.9 Å². The van der Waals surface area contributed by atoms with E-state index < -0.39 is 33.9 Å². The van der Waals surface area contributed by atoms with Crippen molar-refractivity contribution in [3.8, 4) is 11.3 Å². The van der Waals surface area contributed by atoms with Crippen LogP contribution in [0.5, 0.6) is 0 Å². The van der Waals surface area contributed by atoms with E-state index in [9.17, 15) is 24.1 Å². The van der Waals surface area contributed by atoms with E-state index in [-0.39, 0.29) is 5.69 Å². The van der Waals surface area contributed by atoms with E-state index in [0.717, 1.165) is 27.9 Å². The second-order valence-corrected chi connectivity index (χ2v) is 6.46. The number of carbonyl (C=O) groups excluding carboxylic acids is 1. The number of amides is 1. The van der Waals surface area contributed by atoms with Crippen molar-refractivity contribution in [1.29, 1.82) is 0 Å². The Labute approximate surface area is 164 Å². The fourth-order valence-electron chi connectivity index (χ4n) is 2.67. The summed E-state index contributed by atoms with van der Waals surface area (Å²) in [4.78, 5) is 34.7. The molecule has 0 fully saturated rings. The van der Waals surface area contributed by atoms with Gasteiger partial charge in [0.25, 0.3) is 5.56 Å². The first-order valence-corrected chi connectivity index (χ1v) is 8.68. The molecule has 0 aliphatic heterocycles. The monoisotopic (exact) mass is 396 g/mol. The van der Waals surface area contributed by atoms with E-state index >= 15 is 0 Å². The van der Waals surface area contributed by atoms with Gasteiger partial charge in [-0.3, -0.25) is 19.7 Å². The third-order valence-electron chi connectivity index (χ3n) is 4.33. The Hall–Kier alpha value is -3.88. The van der Waals surface area contributed by atoms with Gasteiger partial charge in [-0.1, -0.05) is 29.8 Å². The van der Waals surface area contributed by atoms with Crippen LogP contribution in [-0.4, -0.2) is 20.6 Å². The molecule has 1 amide bonds. The third-order valence-corrected chi connectivity index (χ3v) is 4.33. The summed E-state index contributed by atoms with van der Waals surface area (Å²) < 4.78 is 14.5. The number of carbonyl (C=O) groups is 1. The van der Waals surface area contributed by atoms with Crippen LogP contribution in [0, 0.1) is 22.9 Å². The number of hydrogen-bond donors (Lipinski definition) is 1. The minimum atomic E-state index is -1.01. The summed E-state index contributed by atoms with van der Waals surface area (Å²) in [5.41, 5.74) is 1.18. The van der Waals surface area contributed by atoms with Crippen molar-refractivity contribution in [3.05, 3.63) is 86.4 Å². The first kappa shape index (κ1) is 19.9. The number of benzene rings is 2. The van der Waals surface area contributed by atoms with E-state index in [4.69, 9.17) is 0 Å². The number of halogens is 1. The molecule has 0 saturated heterocycles. The van der Waals surface area contributed by atoms with E-state index in [2.05, 4.69) is 10.4 Å². The molecule has 1 N–H and O–H groups in total. The van der Waals surface area contributed by atoms with Gasteiger partial charge in [-0.2, -0.15) is 9.49 Å². The molecule has 3 aromatic rings. The highest BCUT2D eigenvalue weighted by Crippen LogP contribution is 2.22. The lowest BCUT2D eigenvalue weighted by atomic mass is 10.1. The van der Waals surface area contributed by atoms with Crippen molar-refractivity contribution < 1.29 is 14.1 Å². The van der Waals surface area contributed by atoms with Gasteiger partial charge in [-0.15, -0.1) is 0 Å². The maximum absolute atomic E-state index is 13.5. The van der Waals surface area contributed by atoms with Crippen molar-refractivity contribution in [2.24, 2.45) is 0 Å². The molecule has 1 unspecified atom stereocenters. The summed E-state index contributed by atoms with van der Waals surface area (Å²) in [7, 11) is 0. The van der Waals surface area contributed by atoms with Crippen LogP contribution in [0.2, 0.25) is 0 Å². The Morgan fingerprint density at radius 2 is 1.86 bits per heavy atom. The summed E-state index contributed by atoms with van der Waals surface area (Å²) in [6.45, 7) is 3.42. The van der Waals surface area contributed by atoms with Crippen LogP contribution in [0.3, 0.4) is 0 Å². The lowest BCUT2D eigenvalue weighted by molar-refractivity contribution is -0.387. The van der Waals surface area contributed by atoms with Crippen LogP contribution in [0.15, 0.2) is 59.4 Å². The minimum absolute atomic E-state index is 0.0395. The summed E-state index contributed by atoms with van der Waals surface area (Å²) in [6.07, 6.45) is 0. The Balaban J connectivity index is 1.87. The first-order chi connectivity index (χ1) is 13.8. The fourth-order valence-corrected chi connectivity index (χ4v) is 2.67. The smallest absolute Gasteiger partial charge is 0.306 e. The molecule has 1 atom stereocenters. The predicted molar refractivity (Wildman–Crippen MR) is 105 cm³/mol. The molecule has 1 heterocycles. The zero-order valence-electron chi connectivity index (χ0n) is 15.6. The summed E-state index contributed by atoms with van der Waals surface area (Å²) in [6, 6.07) is 12.4. The second kappa shape index (κ2) is 8.01. The lowest BCUT2D eigenvalue weighted by Gasteiger charge is -2.15. The summed E-state index contributed by atoms with van der Waals surface area (Å²) in [5, 5.41) is 17.6. The van der Waals surface area contributed by atoms with Crippen molar-refractivity contribution in [1.82, 2.24) is 9.78 Å². The quantitative estimate of drug-likeness (QED) is 0.525. The molecule has 0 bridgehead atoms. The zero-order valence-corrected chi connectivity index (χ0v) is 15.6. The highest BCUT2D eigenvalue weighted by molar-refractivity contribution is 5.93. The molecular weight excluding hydrogens is 379 g/mol. The molecule has 0 radical (unpaired) electrons. The number of anilines is 1. The van der Waals surface area contributed by atoms with Crippen molar-refractivity contribution >= 4 is 17.3 Å². The lowest BCUT2D eigenvalue weighted by Crippen LogP contribution is -2.33. The second-order valence-electron chi connectivity index (χ2n) is 6.46. The Morgan fingerprint density at radius 1 is 1.17 bits per heavy atom. The van der Waals surface area contributed by atoms with Crippen LogP contribution in [0.25, 0.3) is 11.3 Å². The highest BCUT2D eigenvalue weighted by atomic mass is 19.1. The maximum Gasteiger partial charge on any atom is 0.306 e. The van der Waals surface area contributed by atoms with Gasteiger partial charge in [0.05, 0.1) is 10.6 Å². The van der Waals surface area contributed by atoms with Gasteiger partial charge in [0, 0.05) is 23.4 Å². The Morgan fingerprint density at radius 3 is 2.52 bits per heavy atom. The summed E-state index contributed by atoms with van der Waals surface area (Å²) in [5.74, 6) is -1.63. The summed E-state index contributed by atoms with van der Waals surface area (Å²) >= 11 is 0. The van der Waals surface area contributed by atoms with Crippen molar-refractivity contribution in [2.45, 2.75) is 19.9 Å². The molecule has 2 aromatic carbocycles. The minimum Gasteiger partial charge on any atom is -0.324 e. The number of nitro benzene ring substituents is 1. The van der Waals surface area contributed by atoms with Crippen molar-refractivity contribution in [2.75, 3.05) is 5.32 Å². The topological polar surface area (TPSA) is 107 Å². The van der Waals surface area contributed by atoms with E-state index in [1.54, 1.807) is 6.07 Å². The normalized spacial score (nSPS) is 11.7. The van der Waals surface area contributed by atoms with Gasteiger partial charge in [0.1, 0.15) is 6.04 Å². The number of nitrogens with one attached hydrogen (secondary N) is 1. The molecule has 148 valence electrons. The number of hydrogen-bond acceptors (Lipinski definition) is 5. The average molecular weight is 396 g/mol. The van der Waals surface area contributed by atoms with E-state index in [1.165, 1.54) is 19.1 Å². The van der Waals surface area contributed by atoms with Crippen LogP contribution in [0.4, 0.5) is 15.8 Å². The maximum atomic E-state index is 13.5. The van der Waals surface area contributed by atoms with Crippen LogP contribution in [0.1, 0.15) is 18.5 Å². The largest absolute Gasteiger partial charge is 0.324 e. The SMILES string of the molecule is Cc1ccc(-c2ccc(=O)n(C(C)C(=O)Nc3ccc(F)c([N+](=O)[O-])c3)n2)cc1. The number of nitro groups is 1. The van der Waals surface area contributed by atoms with Gasteiger partial charge in [0.15, 0.2) is 0 Å². The van der Waals surface area contributed by atoms with Crippen molar-refractivity contribution in [3.63, 3.8) is 0 Å². The highest BCUT2D eigenvalue weighted by Gasteiger charge is 2.20. The molecule has 29 heavy (non-hydrogen) atoms. The Bertz CT molecular complexity index is 1140. The molecule has 0 saturated carbocycles. The van der Waals surface area contributed by atoms with Gasteiger partial charge in [-0.05, 0) is 32.0 Å². The van der Waals surface area contributed by atoms with Gasteiger partial charge in [0.2, 0.25) is 11.7 Å². The fraction of sp³-hybridized carbons (Fsp3) is 0.150. The van der Waals surface area contributed by atoms with Gasteiger partial charge < -0.3 is 5.32 Å². The van der Waals surface area contributed by atoms with Crippen LogP contribution in [-0.2, 0) is 4.79 Å². The Kier molecular flexibility index (Phi) is 5.49. The van der Waals surface area contributed by atoms with E-state index in [0.29, 0.717) is 5.69 Å². The molecule has 3 rings (SSSR count). The number of aryl methyl sites for hydroxylation is 1.